The predicted octanol–water partition coefficient (Wildman–Crippen LogP) is 2.84. The first-order chi connectivity index (χ1) is 7.72. The van der Waals surface area contributed by atoms with Gasteiger partial charge in [0.25, 0.3) is 0 Å². The van der Waals surface area contributed by atoms with E-state index in [1.54, 1.807) is 0 Å². The first-order valence-corrected chi connectivity index (χ1v) is 6.78. The van der Waals surface area contributed by atoms with Crippen LogP contribution in [0.5, 0.6) is 5.75 Å². The molecule has 0 spiro atoms. The van der Waals surface area contributed by atoms with Crippen molar-refractivity contribution in [1.82, 2.24) is 0 Å². The Hall–Kier alpha value is -0.670. The van der Waals surface area contributed by atoms with E-state index in [0.717, 1.165) is 31.1 Å². The fraction of sp³-hybridized carbons (Fsp3) is 0.538. The largest absolute Gasteiger partial charge is 0.493 e. The highest BCUT2D eigenvalue weighted by Crippen LogP contribution is 2.15. The smallest absolute Gasteiger partial charge is 0.119 e. The van der Waals surface area contributed by atoms with Gasteiger partial charge in [-0.05, 0) is 37.6 Å². The van der Waals surface area contributed by atoms with Gasteiger partial charge >= 0.3 is 0 Å². The van der Waals surface area contributed by atoms with Gasteiger partial charge in [-0.1, -0.05) is 19.1 Å². The number of hydrogen-bond donors (Lipinski definition) is 1. The minimum absolute atomic E-state index is 0.631. The standard InChI is InChI=1S/C13H21NOS/c1-11-4-3-5-13(10-11)15-8-9-16-12(2)6-7-14/h3-5,10,12H,6-9,14H2,1-2H3. The van der Waals surface area contributed by atoms with Crippen LogP contribution in [0.1, 0.15) is 18.9 Å². The second-order valence-electron chi connectivity index (χ2n) is 3.92. The molecule has 0 saturated carbocycles. The molecule has 0 aliphatic heterocycles. The van der Waals surface area contributed by atoms with Crippen LogP contribution in [-0.2, 0) is 0 Å². The van der Waals surface area contributed by atoms with Gasteiger partial charge in [0.2, 0.25) is 0 Å². The van der Waals surface area contributed by atoms with E-state index in [1.807, 2.05) is 23.9 Å². The molecule has 2 nitrogen and oxygen atoms in total. The van der Waals surface area contributed by atoms with Crippen molar-refractivity contribution in [2.45, 2.75) is 25.5 Å². The number of hydrogen-bond acceptors (Lipinski definition) is 3. The molecule has 0 aromatic heterocycles. The summed E-state index contributed by atoms with van der Waals surface area (Å²) >= 11 is 1.92. The molecule has 0 aliphatic carbocycles. The zero-order valence-electron chi connectivity index (χ0n) is 10.1. The summed E-state index contributed by atoms with van der Waals surface area (Å²) in [5.41, 5.74) is 6.73. The normalized spacial score (nSPS) is 12.4. The second-order valence-corrected chi connectivity index (χ2v) is 5.47. The van der Waals surface area contributed by atoms with Crippen molar-refractivity contribution < 1.29 is 4.74 Å². The SMILES string of the molecule is Cc1cccc(OCCSC(C)CCN)c1. The Balaban J connectivity index is 2.16. The van der Waals surface area contributed by atoms with Gasteiger partial charge < -0.3 is 10.5 Å². The van der Waals surface area contributed by atoms with Crippen LogP contribution in [0, 0.1) is 6.92 Å². The van der Waals surface area contributed by atoms with Gasteiger partial charge in [0.05, 0.1) is 6.61 Å². The number of aryl methyl sites for hydroxylation is 1. The Kier molecular flexibility index (Phi) is 6.34. The number of nitrogens with two attached hydrogens (primary N) is 1. The fourth-order valence-electron chi connectivity index (χ4n) is 1.43. The van der Waals surface area contributed by atoms with E-state index in [-0.39, 0.29) is 0 Å². The van der Waals surface area contributed by atoms with E-state index in [0.29, 0.717) is 5.25 Å². The van der Waals surface area contributed by atoms with Crippen molar-refractivity contribution in [3.63, 3.8) is 0 Å². The lowest BCUT2D eigenvalue weighted by molar-refractivity contribution is 0.343. The Morgan fingerprint density at radius 2 is 2.25 bits per heavy atom. The topological polar surface area (TPSA) is 35.2 Å². The predicted molar refractivity (Wildman–Crippen MR) is 72.3 cm³/mol. The lowest BCUT2D eigenvalue weighted by atomic mass is 10.2. The van der Waals surface area contributed by atoms with Crippen LogP contribution >= 0.6 is 11.8 Å². The molecule has 90 valence electrons. The molecule has 0 aliphatic rings. The summed E-state index contributed by atoms with van der Waals surface area (Å²) < 4.78 is 5.66. The number of thioether (sulfide) groups is 1. The second kappa shape index (κ2) is 7.58. The summed E-state index contributed by atoms with van der Waals surface area (Å²) in [5.74, 6) is 1.99. The summed E-state index contributed by atoms with van der Waals surface area (Å²) in [7, 11) is 0. The summed E-state index contributed by atoms with van der Waals surface area (Å²) in [5, 5.41) is 0.631. The van der Waals surface area contributed by atoms with Gasteiger partial charge in [-0.3, -0.25) is 0 Å². The van der Waals surface area contributed by atoms with Crippen LogP contribution in [0.4, 0.5) is 0 Å². The van der Waals surface area contributed by atoms with Crippen molar-refractivity contribution in [2.75, 3.05) is 18.9 Å². The van der Waals surface area contributed by atoms with E-state index in [2.05, 4.69) is 26.0 Å². The van der Waals surface area contributed by atoms with Crippen molar-refractivity contribution in [2.24, 2.45) is 5.73 Å². The highest BCUT2D eigenvalue weighted by molar-refractivity contribution is 7.99. The Morgan fingerprint density at radius 1 is 1.44 bits per heavy atom. The minimum atomic E-state index is 0.631. The Morgan fingerprint density at radius 3 is 2.94 bits per heavy atom. The van der Waals surface area contributed by atoms with Gasteiger partial charge in [-0.15, -0.1) is 0 Å². The molecule has 0 amide bonds. The maximum Gasteiger partial charge on any atom is 0.119 e. The summed E-state index contributed by atoms with van der Waals surface area (Å²) in [6.45, 7) is 5.82. The van der Waals surface area contributed by atoms with Crippen molar-refractivity contribution in [3.8, 4) is 5.75 Å². The maximum atomic E-state index is 5.66. The quantitative estimate of drug-likeness (QED) is 0.743. The molecule has 0 saturated heterocycles. The van der Waals surface area contributed by atoms with Crippen molar-refractivity contribution in [1.29, 1.82) is 0 Å². The molecule has 0 heterocycles. The lowest BCUT2D eigenvalue weighted by Gasteiger charge is -2.10. The van der Waals surface area contributed by atoms with Crippen LogP contribution in [-0.4, -0.2) is 24.2 Å². The molecular formula is C13H21NOS. The lowest BCUT2D eigenvalue weighted by Crippen LogP contribution is -2.09. The maximum absolute atomic E-state index is 5.66. The van der Waals surface area contributed by atoms with E-state index in [1.165, 1.54) is 5.56 Å². The minimum Gasteiger partial charge on any atom is -0.493 e. The van der Waals surface area contributed by atoms with E-state index in [4.69, 9.17) is 10.5 Å². The van der Waals surface area contributed by atoms with Gasteiger partial charge in [0.15, 0.2) is 0 Å². The summed E-state index contributed by atoms with van der Waals surface area (Å²) in [6.07, 6.45) is 1.08. The number of benzene rings is 1. The third-order valence-corrected chi connectivity index (χ3v) is 3.52. The van der Waals surface area contributed by atoms with Crippen molar-refractivity contribution in [3.05, 3.63) is 29.8 Å². The summed E-state index contributed by atoms with van der Waals surface area (Å²) in [6, 6.07) is 8.16. The molecule has 0 bridgehead atoms. The third kappa shape index (κ3) is 5.42. The van der Waals surface area contributed by atoms with E-state index < -0.39 is 0 Å². The molecule has 1 rings (SSSR count). The molecule has 0 fully saturated rings. The first kappa shape index (κ1) is 13.4. The zero-order valence-corrected chi connectivity index (χ0v) is 10.9. The average molecular weight is 239 g/mol. The molecular weight excluding hydrogens is 218 g/mol. The van der Waals surface area contributed by atoms with Crippen molar-refractivity contribution >= 4 is 11.8 Å². The van der Waals surface area contributed by atoms with Crippen LogP contribution < -0.4 is 10.5 Å². The molecule has 2 N–H and O–H groups in total. The highest BCUT2D eigenvalue weighted by atomic mass is 32.2. The van der Waals surface area contributed by atoms with Gasteiger partial charge in [0.1, 0.15) is 5.75 Å². The van der Waals surface area contributed by atoms with Crippen LogP contribution in [0.25, 0.3) is 0 Å². The number of ether oxygens (including phenoxy) is 1. The monoisotopic (exact) mass is 239 g/mol. The number of rotatable bonds is 7. The van der Waals surface area contributed by atoms with Crippen LogP contribution in [0.15, 0.2) is 24.3 Å². The van der Waals surface area contributed by atoms with Gasteiger partial charge in [-0.25, -0.2) is 0 Å². The van der Waals surface area contributed by atoms with Crippen LogP contribution in [0.3, 0.4) is 0 Å². The van der Waals surface area contributed by atoms with E-state index >= 15 is 0 Å². The summed E-state index contributed by atoms with van der Waals surface area (Å²) in [4.78, 5) is 0. The fourth-order valence-corrected chi connectivity index (χ4v) is 2.32. The zero-order chi connectivity index (χ0) is 11.8. The molecule has 1 aromatic carbocycles. The Labute approximate surface area is 103 Å². The molecule has 3 heteroatoms. The molecule has 0 radical (unpaired) electrons. The van der Waals surface area contributed by atoms with Crippen LogP contribution in [0.2, 0.25) is 0 Å². The highest BCUT2D eigenvalue weighted by Gasteiger charge is 2.01. The molecule has 1 aromatic rings. The van der Waals surface area contributed by atoms with Gasteiger partial charge in [-0.2, -0.15) is 11.8 Å². The average Bonchev–Trinajstić information content (AvgIpc) is 2.25. The Bertz CT molecular complexity index is 304. The third-order valence-electron chi connectivity index (χ3n) is 2.32. The molecule has 1 unspecified atom stereocenters. The molecule has 1 atom stereocenters. The van der Waals surface area contributed by atoms with Gasteiger partial charge in [0, 0.05) is 11.0 Å². The van der Waals surface area contributed by atoms with E-state index in [9.17, 15) is 0 Å². The first-order valence-electron chi connectivity index (χ1n) is 5.73. The molecule has 16 heavy (non-hydrogen) atoms.